The SMILES string of the molecule is Cc1cc(C)cc(-c2[nH]c3ccc(Nc4ncc(-c5ccccc5)o4)cc3c2CCN(CCCCc2ccc(N)c(S(C)(=O)=O)c2S(C)(=O)=O)C(=O)OC(C)(C)C)c1. The van der Waals surface area contributed by atoms with Crippen molar-refractivity contribution in [2.45, 2.75) is 75.7 Å². The van der Waals surface area contributed by atoms with Gasteiger partial charge in [-0.05, 0) is 113 Å². The summed E-state index contributed by atoms with van der Waals surface area (Å²) in [6, 6.07) is 25.5. The predicted octanol–water partition coefficient (Wildman–Crippen LogP) is 9.04. The van der Waals surface area contributed by atoms with Crippen molar-refractivity contribution in [1.29, 1.82) is 0 Å². The second-order valence-electron chi connectivity index (χ2n) is 15.8. The second kappa shape index (κ2) is 16.7. The van der Waals surface area contributed by atoms with Gasteiger partial charge >= 0.3 is 6.09 Å². The fourth-order valence-corrected chi connectivity index (χ4v) is 10.2. The number of ether oxygens (including phenoxy) is 1. The van der Waals surface area contributed by atoms with E-state index in [1.165, 1.54) is 6.07 Å². The standard InChI is InChI=1S/C44H51N5O7S2/c1-28-23-29(2)25-32(24-28)39-34(35-26-33(17-19-37(35)48-39)47-42-46-27-38(55-42)30-13-9-8-10-14-30)20-22-49(43(50)56-44(3,4)5)21-12-11-15-31-16-18-36(45)41(58(7,53)54)40(31)57(6,51)52/h8-10,13-14,16-19,23-27,48H,11-12,15,20-22,45H2,1-7H3,(H,46,47). The number of aryl methyl sites for hydroxylation is 3. The Labute approximate surface area is 340 Å². The number of nitrogens with zero attached hydrogens (tertiary/aromatic N) is 2. The summed E-state index contributed by atoms with van der Waals surface area (Å²) in [7, 11) is -7.86. The summed E-state index contributed by atoms with van der Waals surface area (Å²) in [6.07, 6.45) is 4.86. The number of carbonyl (C=O) groups excluding carboxylic acids is 1. The van der Waals surface area contributed by atoms with Crippen LogP contribution in [0.3, 0.4) is 0 Å². The number of aromatic nitrogens is 2. The van der Waals surface area contributed by atoms with Gasteiger partial charge in [0.2, 0.25) is 0 Å². The Morgan fingerprint density at radius 3 is 2.19 bits per heavy atom. The molecule has 0 fully saturated rings. The van der Waals surface area contributed by atoms with E-state index in [1.807, 2.05) is 69.3 Å². The van der Waals surface area contributed by atoms with E-state index in [0.29, 0.717) is 49.7 Å². The molecule has 1 amide bonds. The highest BCUT2D eigenvalue weighted by atomic mass is 32.2. The quantitative estimate of drug-likeness (QED) is 0.0709. The first-order valence-electron chi connectivity index (χ1n) is 19.1. The van der Waals surface area contributed by atoms with Crippen LogP contribution >= 0.6 is 0 Å². The number of oxazole rings is 1. The number of fused-ring (bicyclic) bond motifs is 1. The number of amides is 1. The van der Waals surface area contributed by atoms with Crippen LogP contribution in [0.5, 0.6) is 0 Å². The van der Waals surface area contributed by atoms with Crippen LogP contribution in [0, 0.1) is 13.8 Å². The molecule has 0 spiro atoms. The van der Waals surface area contributed by atoms with Crippen LogP contribution in [0.1, 0.15) is 55.9 Å². The van der Waals surface area contributed by atoms with E-state index in [-0.39, 0.29) is 21.9 Å². The molecule has 58 heavy (non-hydrogen) atoms. The maximum Gasteiger partial charge on any atom is 0.410 e. The Morgan fingerprint density at radius 1 is 0.845 bits per heavy atom. The average Bonchev–Trinajstić information content (AvgIpc) is 3.74. The van der Waals surface area contributed by atoms with Crippen LogP contribution in [-0.4, -0.2) is 69.0 Å². The summed E-state index contributed by atoms with van der Waals surface area (Å²) in [5.41, 5.74) is 13.3. The topological polar surface area (TPSA) is 178 Å². The summed E-state index contributed by atoms with van der Waals surface area (Å²) >= 11 is 0. The number of nitrogens with one attached hydrogen (secondary N) is 2. The molecule has 0 atom stereocenters. The highest BCUT2D eigenvalue weighted by molar-refractivity contribution is 7.94. The highest BCUT2D eigenvalue weighted by Gasteiger charge is 2.28. The number of anilines is 3. The average molecular weight is 826 g/mol. The van der Waals surface area contributed by atoms with Crippen molar-refractivity contribution in [2.75, 3.05) is 36.7 Å². The molecular formula is C44H51N5O7S2. The van der Waals surface area contributed by atoms with Crippen molar-refractivity contribution >= 4 is 54.1 Å². The zero-order valence-electron chi connectivity index (χ0n) is 34.0. The van der Waals surface area contributed by atoms with Gasteiger partial charge in [0, 0.05) is 53.4 Å². The Bertz CT molecular complexity index is 2660. The van der Waals surface area contributed by atoms with Crippen molar-refractivity contribution < 1.29 is 30.8 Å². The lowest BCUT2D eigenvalue weighted by Crippen LogP contribution is -2.38. The number of H-pyrrole nitrogens is 1. The fourth-order valence-electron chi connectivity index (χ4n) is 7.23. The van der Waals surface area contributed by atoms with Crippen LogP contribution < -0.4 is 11.1 Å². The van der Waals surface area contributed by atoms with Gasteiger partial charge < -0.3 is 30.1 Å². The summed E-state index contributed by atoms with van der Waals surface area (Å²) in [5, 5.41) is 4.28. The molecule has 0 aliphatic carbocycles. The molecule has 0 saturated heterocycles. The van der Waals surface area contributed by atoms with Gasteiger partial charge in [0.1, 0.15) is 10.5 Å². The number of nitrogen functional groups attached to an aromatic ring is 1. The summed E-state index contributed by atoms with van der Waals surface area (Å²) in [5.74, 6) is 0.647. The minimum Gasteiger partial charge on any atom is -0.444 e. The number of sulfone groups is 2. The van der Waals surface area contributed by atoms with Gasteiger partial charge in [0.25, 0.3) is 6.01 Å². The minimum atomic E-state index is -3.93. The second-order valence-corrected chi connectivity index (χ2v) is 19.7. The van der Waals surface area contributed by atoms with Crippen LogP contribution in [0.25, 0.3) is 33.5 Å². The molecule has 0 bridgehead atoms. The number of unbranched alkanes of at least 4 members (excludes halogenated alkanes) is 1. The lowest BCUT2D eigenvalue weighted by molar-refractivity contribution is 0.0249. The van der Waals surface area contributed by atoms with E-state index in [1.54, 1.807) is 17.2 Å². The Morgan fingerprint density at radius 2 is 1.53 bits per heavy atom. The Hall–Kier alpha value is -5.60. The number of hydrogen-bond donors (Lipinski definition) is 3. The van der Waals surface area contributed by atoms with Gasteiger partial charge in [-0.25, -0.2) is 26.6 Å². The van der Waals surface area contributed by atoms with Crippen molar-refractivity contribution in [3.63, 3.8) is 0 Å². The zero-order valence-corrected chi connectivity index (χ0v) is 35.6. The molecule has 0 aliphatic heterocycles. The van der Waals surface area contributed by atoms with Crippen molar-refractivity contribution in [3.05, 3.63) is 107 Å². The van der Waals surface area contributed by atoms with Gasteiger partial charge in [-0.15, -0.1) is 0 Å². The lowest BCUT2D eigenvalue weighted by Gasteiger charge is -2.27. The number of benzene rings is 4. The van der Waals surface area contributed by atoms with Gasteiger partial charge in [0.15, 0.2) is 25.4 Å². The molecule has 12 nitrogen and oxygen atoms in total. The fraction of sp³-hybridized carbons (Fsp3) is 0.318. The van der Waals surface area contributed by atoms with Gasteiger partial charge in [-0.3, -0.25) is 0 Å². The molecule has 306 valence electrons. The molecule has 2 aromatic heterocycles. The largest absolute Gasteiger partial charge is 0.444 e. The molecule has 0 unspecified atom stereocenters. The van der Waals surface area contributed by atoms with E-state index in [9.17, 15) is 21.6 Å². The zero-order chi connectivity index (χ0) is 42.0. The lowest BCUT2D eigenvalue weighted by atomic mass is 9.99. The molecule has 4 aromatic carbocycles. The smallest absolute Gasteiger partial charge is 0.410 e. The number of rotatable bonds is 14. The van der Waals surface area contributed by atoms with E-state index < -0.39 is 31.4 Å². The van der Waals surface area contributed by atoms with Crippen LogP contribution in [0.15, 0.2) is 99.3 Å². The van der Waals surface area contributed by atoms with Gasteiger partial charge in [0.05, 0.1) is 16.8 Å². The van der Waals surface area contributed by atoms with Crippen LogP contribution in [-0.2, 0) is 37.3 Å². The third-order valence-electron chi connectivity index (χ3n) is 9.61. The Balaban J connectivity index is 1.28. The van der Waals surface area contributed by atoms with Crippen molar-refractivity contribution in [2.24, 2.45) is 0 Å². The maximum absolute atomic E-state index is 13.7. The third kappa shape index (κ3) is 10.1. The number of aromatic amines is 1. The summed E-state index contributed by atoms with van der Waals surface area (Å²) in [6.45, 7) is 10.2. The predicted molar refractivity (Wildman–Crippen MR) is 230 cm³/mol. The molecule has 6 rings (SSSR count). The third-order valence-corrected chi connectivity index (χ3v) is 12.1. The van der Waals surface area contributed by atoms with E-state index >= 15 is 0 Å². The van der Waals surface area contributed by atoms with Crippen LogP contribution in [0.4, 0.5) is 22.2 Å². The highest BCUT2D eigenvalue weighted by Crippen LogP contribution is 2.35. The molecule has 6 aromatic rings. The first-order chi connectivity index (χ1) is 27.3. The van der Waals surface area contributed by atoms with E-state index in [4.69, 9.17) is 14.9 Å². The Kier molecular flexibility index (Phi) is 12.1. The number of hydrogen-bond acceptors (Lipinski definition) is 10. The monoisotopic (exact) mass is 825 g/mol. The van der Waals surface area contributed by atoms with E-state index in [2.05, 4.69) is 47.3 Å². The van der Waals surface area contributed by atoms with Crippen molar-refractivity contribution in [3.8, 4) is 22.6 Å². The normalized spacial score (nSPS) is 12.2. The number of nitrogens with two attached hydrogens (primary N) is 1. The van der Waals surface area contributed by atoms with E-state index in [0.717, 1.165) is 62.6 Å². The molecular weight excluding hydrogens is 775 g/mol. The maximum atomic E-state index is 13.7. The molecule has 0 aliphatic rings. The first-order valence-corrected chi connectivity index (χ1v) is 22.9. The number of carbonyl (C=O) groups is 1. The summed E-state index contributed by atoms with van der Waals surface area (Å²) in [4.78, 5) is 22.9. The van der Waals surface area contributed by atoms with Gasteiger partial charge in [-0.2, -0.15) is 0 Å². The van der Waals surface area contributed by atoms with Crippen LogP contribution in [0.2, 0.25) is 0 Å². The first kappa shape index (κ1) is 42.0. The molecule has 2 heterocycles. The van der Waals surface area contributed by atoms with Crippen molar-refractivity contribution in [1.82, 2.24) is 14.9 Å². The van der Waals surface area contributed by atoms with Gasteiger partial charge in [-0.1, -0.05) is 53.6 Å². The molecule has 14 heteroatoms. The molecule has 0 radical (unpaired) electrons. The molecule has 0 saturated carbocycles. The minimum absolute atomic E-state index is 0.113. The summed E-state index contributed by atoms with van der Waals surface area (Å²) < 4.78 is 62.8. The molecule has 4 N–H and O–H groups in total.